The van der Waals surface area contributed by atoms with Gasteiger partial charge < -0.3 is 9.47 Å². The minimum Gasteiger partial charge on any atom is -0.465 e. The SMILES string of the molecule is CCOC(=O)C(CC)(CC(C)=CCl)C(=O)OCC. The zero-order valence-corrected chi connectivity index (χ0v) is 12.2. The van der Waals surface area contributed by atoms with Crippen molar-refractivity contribution in [3.63, 3.8) is 0 Å². The lowest BCUT2D eigenvalue weighted by Gasteiger charge is -2.28. The van der Waals surface area contributed by atoms with Crippen LogP contribution in [0.25, 0.3) is 0 Å². The van der Waals surface area contributed by atoms with Crippen LogP contribution < -0.4 is 0 Å². The summed E-state index contributed by atoms with van der Waals surface area (Å²) in [6, 6.07) is 0. The van der Waals surface area contributed by atoms with Crippen LogP contribution in [-0.2, 0) is 19.1 Å². The first-order valence-electron chi connectivity index (χ1n) is 6.08. The second kappa shape index (κ2) is 8.14. The summed E-state index contributed by atoms with van der Waals surface area (Å²) >= 11 is 5.61. The summed E-state index contributed by atoms with van der Waals surface area (Å²) in [7, 11) is 0. The molecule has 0 amide bonds. The lowest BCUT2D eigenvalue weighted by atomic mass is 9.79. The number of halogens is 1. The van der Waals surface area contributed by atoms with Gasteiger partial charge in [-0.15, -0.1) is 0 Å². The van der Waals surface area contributed by atoms with Crippen LogP contribution >= 0.6 is 11.6 Å². The van der Waals surface area contributed by atoms with Crippen LogP contribution in [0.5, 0.6) is 0 Å². The van der Waals surface area contributed by atoms with E-state index in [-0.39, 0.29) is 19.6 Å². The van der Waals surface area contributed by atoms with E-state index in [1.165, 1.54) is 5.54 Å². The molecule has 0 aromatic carbocycles. The maximum atomic E-state index is 12.1. The molecule has 0 aliphatic rings. The van der Waals surface area contributed by atoms with Crippen molar-refractivity contribution in [3.8, 4) is 0 Å². The van der Waals surface area contributed by atoms with Crippen LogP contribution in [0, 0.1) is 5.41 Å². The van der Waals surface area contributed by atoms with Crippen LogP contribution in [0.1, 0.15) is 40.5 Å². The standard InChI is InChI=1S/C13H21ClO4/c1-5-13(8-10(4)9-14,11(15)17-6-2)12(16)18-7-3/h9H,5-8H2,1-4H3. The highest BCUT2D eigenvalue weighted by molar-refractivity contribution is 6.25. The van der Waals surface area contributed by atoms with Gasteiger partial charge in [-0.3, -0.25) is 9.59 Å². The van der Waals surface area contributed by atoms with E-state index in [0.29, 0.717) is 6.42 Å². The second-order valence-electron chi connectivity index (χ2n) is 4.01. The molecule has 0 N–H and O–H groups in total. The average molecular weight is 277 g/mol. The molecule has 5 heteroatoms. The van der Waals surface area contributed by atoms with E-state index < -0.39 is 17.4 Å². The lowest BCUT2D eigenvalue weighted by Crippen LogP contribution is -2.42. The fourth-order valence-electron chi connectivity index (χ4n) is 1.69. The van der Waals surface area contributed by atoms with Gasteiger partial charge in [0.05, 0.1) is 13.2 Å². The number of allylic oxidation sites excluding steroid dienone is 1. The molecule has 18 heavy (non-hydrogen) atoms. The molecule has 4 nitrogen and oxygen atoms in total. The third-order valence-electron chi connectivity index (χ3n) is 2.70. The molecular weight excluding hydrogens is 256 g/mol. The van der Waals surface area contributed by atoms with Crippen molar-refractivity contribution >= 4 is 23.5 Å². The molecule has 0 bridgehead atoms. The second-order valence-corrected chi connectivity index (χ2v) is 4.23. The topological polar surface area (TPSA) is 52.6 Å². The molecule has 0 spiro atoms. The predicted molar refractivity (Wildman–Crippen MR) is 70.2 cm³/mol. The van der Waals surface area contributed by atoms with Crippen molar-refractivity contribution in [3.05, 3.63) is 11.1 Å². The van der Waals surface area contributed by atoms with Gasteiger partial charge in [0.15, 0.2) is 5.41 Å². The van der Waals surface area contributed by atoms with Gasteiger partial charge in [0.25, 0.3) is 0 Å². The number of rotatable bonds is 7. The number of hydrogen-bond donors (Lipinski definition) is 0. The van der Waals surface area contributed by atoms with Gasteiger partial charge >= 0.3 is 11.9 Å². The molecule has 0 fully saturated rings. The summed E-state index contributed by atoms with van der Waals surface area (Å²) in [6.45, 7) is 7.37. The smallest absolute Gasteiger partial charge is 0.323 e. The Bertz CT molecular complexity index is 305. The third kappa shape index (κ3) is 4.02. The Morgan fingerprint density at radius 1 is 1.11 bits per heavy atom. The molecule has 0 rings (SSSR count). The lowest BCUT2D eigenvalue weighted by molar-refractivity contribution is -0.172. The van der Waals surface area contributed by atoms with Crippen molar-refractivity contribution < 1.29 is 19.1 Å². The Morgan fingerprint density at radius 3 is 1.83 bits per heavy atom. The quantitative estimate of drug-likeness (QED) is 0.530. The first kappa shape index (κ1) is 17.0. The Morgan fingerprint density at radius 2 is 1.56 bits per heavy atom. The molecule has 0 saturated heterocycles. The first-order chi connectivity index (χ1) is 8.48. The maximum Gasteiger partial charge on any atom is 0.323 e. The van der Waals surface area contributed by atoms with Crippen LogP contribution in [0.3, 0.4) is 0 Å². The minimum atomic E-state index is -1.29. The number of carbonyl (C=O) groups is 2. The van der Waals surface area contributed by atoms with Gasteiger partial charge in [0.2, 0.25) is 0 Å². The summed E-state index contributed by atoms with van der Waals surface area (Å²) in [5.41, 5.74) is 0.810. The van der Waals surface area contributed by atoms with Gasteiger partial charge in [-0.25, -0.2) is 0 Å². The molecule has 0 unspecified atom stereocenters. The van der Waals surface area contributed by atoms with Crippen molar-refractivity contribution in [1.29, 1.82) is 0 Å². The third-order valence-corrected chi connectivity index (χ3v) is 3.08. The van der Waals surface area contributed by atoms with E-state index in [4.69, 9.17) is 21.1 Å². The van der Waals surface area contributed by atoms with Gasteiger partial charge in [0, 0.05) is 5.54 Å². The van der Waals surface area contributed by atoms with Crippen molar-refractivity contribution in [1.82, 2.24) is 0 Å². The molecule has 0 radical (unpaired) electrons. The Balaban J connectivity index is 5.31. The highest BCUT2D eigenvalue weighted by atomic mass is 35.5. The van der Waals surface area contributed by atoms with E-state index in [2.05, 4.69) is 0 Å². The normalized spacial score (nSPS) is 12.2. The number of ether oxygens (including phenoxy) is 2. The molecule has 0 saturated carbocycles. The van der Waals surface area contributed by atoms with Crippen LogP contribution in [-0.4, -0.2) is 25.2 Å². The summed E-state index contributed by atoms with van der Waals surface area (Å²) in [6.07, 6.45) is 0.525. The fraction of sp³-hybridized carbons (Fsp3) is 0.692. The first-order valence-corrected chi connectivity index (χ1v) is 6.52. The average Bonchev–Trinajstić information content (AvgIpc) is 2.36. The van der Waals surface area contributed by atoms with Crippen LogP contribution in [0.2, 0.25) is 0 Å². The van der Waals surface area contributed by atoms with Crippen molar-refractivity contribution in [2.75, 3.05) is 13.2 Å². The number of carbonyl (C=O) groups excluding carboxylic acids is 2. The van der Waals surface area contributed by atoms with E-state index in [1.54, 1.807) is 27.7 Å². The summed E-state index contributed by atoms with van der Waals surface area (Å²) in [4.78, 5) is 24.1. The van der Waals surface area contributed by atoms with E-state index in [1.807, 2.05) is 0 Å². The largest absolute Gasteiger partial charge is 0.465 e. The summed E-state index contributed by atoms with van der Waals surface area (Å²) < 4.78 is 10.0. The Labute approximate surface area is 113 Å². The molecule has 0 aromatic rings. The summed E-state index contributed by atoms with van der Waals surface area (Å²) in [5.74, 6) is -1.10. The highest BCUT2D eigenvalue weighted by Crippen LogP contribution is 2.33. The predicted octanol–water partition coefficient (Wildman–Crippen LogP) is 3.04. The Hall–Kier alpha value is -1.03. The fourth-order valence-corrected chi connectivity index (χ4v) is 1.77. The van der Waals surface area contributed by atoms with Crippen LogP contribution in [0.4, 0.5) is 0 Å². The maximum absolute atomic E-state index is 12.1. The molecule has 0 aliphatic heterocycles. The van der Waals surface area contributed by atoms with E-state index in [0.717, 1.165) is 5.57 Å². The van der Waals surface area contributed by atoms with E-state index >= 15 is 0 Å². The highest BCUT2D eigenvalue weighted by Gasteiger charge is 2.47. The molecule has 0 aliphatic carbocycles. The van der Waals surface area contributed by atoms with Gasteiger partial charge in [-0.05, 0) is 33.6 Å². The molecule has 0 heterocycles. The van der Waals surface area contributed by atoms with Crippen molar-refractivity contribution in [2.24, 2.45) is 5.41 Å². The monoisotopic (exact) mass is 276 g/mol. The van der Waals surface area contributed by atoms with Crippen molar-refractivity contribution in [2.45, 2.75) is 40.5 Å². The van der Waals surface area contributed by atoms with Gasteiger partial charge in [0.1, 0.15) is 0 Å². The summed E-state index contributed by atoms with van der Waals surface area (Å²) in [5, 5.41) is 0. The number of esters is 2. The van der Waals surface area contributed by atoms with Gasteiger partial charge in [-0.1, -0.05) is 24.1 Å². The molecule has 0 atom stereocenters. The molecule has 104 valence electrons. The Kier molecular flexibility index (Phi) is 7.67. The zero-order chi connectivity index (χ0) is 14.2. The minimum absolute atomic E-state index is 0.213. The molecular formula is C13H21ClO4. The molecule has 0 aromatic heterocycles. The zero-order valence-electron chi connectivity index (χ0n) is 11.4. The van der Waals surface area contributed by atoms with Gasteiger partial charge in [-0.2, -0.15) is 0 Å². The van der Waals surface area contributed by atoms with Crippen LogP contribution in [0.15, 0.2) is 11.1 Å². The van der Waals surface area contributed by atoms with E-state index in [9.17, 15) is 9.59 Å². The number of hydrogen-bond acceptors (Lipinski definition) is 4.